The van der Waals surface area contributed by atoms with Crippen molar-refractivity contribution in [2.24, 2.45) is 0 Å². The molecule has 26 heavy (non-hydrogen) atoms. The Bertz CT molecular complexity index is 855. The molecule has 2 aromatic carbocycles. The van der Waals surface area contributed by atoms with Gasteiger partial charge in [-0.25, -0.2) is 12.8 Å². The Morgan fingerprint density at radius 3 is 2.50 bits per heavy atom. The number of sulfonamides is 1. The number of nitrogens with zero attached hydrogens (tertiary/aromatic N) is 2. The summed E-state index contributed by atoms with van der Waals surface area (Å²) in [5.41, 5.74) is 1.64. The molecule has 2 aromatic rings. The van der Waals surface area contributed by atoms with Gasteiger partial charge in [-0.15, -0.1) is 0 Å². The summed E-state index contributed by atoms with van der Waals surface area (Å²) in [7, 11) is -3.58. The standard InChI is InChI=1S/C20H25FN2O2S/c1-16-14-19(8-9-20(16)21)26(24,25)23-13-12-22(17(2)15-23)11-10-18-6-4-3-5-7-18/h3-9,14,17H,10-13,15H2,1-2H3. The van der Waals surface area contributed by atoms with Gasteiger partial charge in [0.05, 0.1) is 4.90 Å². The second-order valence-electron chi connectivity index (χ2n) is 6.89. The average molecular weight is 376 g/mol. The Hall–Kier alpha value is -1.76. The number of rotatable bonds is 5. The number of aryl methyl sites for hydroxylation is 1. The highest BCUT2D eigenvalue weighted by Crippen LogP contribution is 2.22. The largest absolute Gasteiger partial charge is 0.298 e. The maximum atomic E-state index is 13.5. The van der Waals surface area contributed by atoms with Crippen LogP contribution in [-0.2, 0) is 16.4 Å². The lowest BCUT2D eigenvalue weighted by molar-refractivity contribution is 0.130. The van der Waals surface area contributed by atoms with E-state index in [2.05, 4.69) is 24.0 Å². The van der Waals surface area contributed by atoms with Crippen molar-refractivity contribution < 1.29 is 12.8 Å². The number of halogens is 1. The number of hydrogen-bond donors (Lipinski definition) is 0. The van der Waals surface area contributed by atoms with Crippen molar-refractivity contribution >= 4 is 10.0 Å². The molecule has 0 N–H and O–H groups in total. The second kappa shape index (κ2) is 7.86. The normalized spacial score (nSPS) is 19.6. The maximum absolute atomic E-state index is 13.5. The van der Waals surface area contributed by atoms with E-state index < -0.39 is 10.0 Å². The molecule has 0 spiro atoms. The molecule has 0 saturated carbocycles. The fourth-order valence-electron chi connectivity index (χ4n) is 3.36. The molecule has 0 amide bonds. The lowest BCUT2D eigenvalue weighted by Gasteiger charge is -2.39. The minimum absolute atomic E-state index is 0.142. The van der Waals surface area contributed by atoms with Crippen LogP contribution in [0.2, 0.25) is 0 Å². The van der Waals surface area contributed by atoms with Gasteiger partial charge in [0, 0.05) is 32.2 Å². The maximum Gasteiger partial charge on any atom is 0.243 e. The zero-order chi connectivity index (χ0) is 18.7. The quantitative estimate of drug-likeness (QED) is 0.805. The minimum atomic E-state index is -3.58. The highest BCUT2D eigenvalue weighted by Gasteiger charge is 2.32. The van der Waals surface area contributed by atoms with Gasteiger partial charge in [-0.1, -0.05) is 30.3 Å². The molecule has 140 valence electrons. The second-order valence-corrected chi connectivity index (χ2v) is 8.83. The third-order valence-corrected chi connectivity index (χ3v) is 6.89. The van der Waals surface area contributed by atoms with Crippen molar-refractivity contribution in [1.82, 2.24) is 9.21 Å². The van der Waals surface area contributed by atoms with Gasteiger partial charge in [0.2, 0.25) is 10.0 Å². The van der Waals surface area contributed by atoms with E-state index in [-0.39, 0.29) is 16.8 Å². The zero-order valence-electron chi connectivity index (χ0n) is 15.2. The summed E-state index contributed by atoms with van der Waals surface area (Å²) >= 11 is 0. The van der Waals surface area contributed by atoms with Gasteiger partial charge in [0.15, 0.2) is 0 Å². The van der Waals surface area contributed by atoms with E-state index in [4.69, 9.17) is 0 Å². The summed E-state index contributed by atoms with van der Waals surface area (Å²) in [5, 5.41) is 0. The SMILES string of the molecule is Cc1cc(S(=O)(=O)N2CCN(CCc3ccccc3)C(C)C2)ccc1F. The molecule has 1 saturated heterocycles. The third-order valence-electron chi connectivity index (χ3n) is 5.03. The van der Waals surface area contributed by atoms with E-state index in [0.29, 0.717) is 25.2 Å². The van der Waals surface area contributed by atoms with Crippen LogP contribution in [0.5, 0.6) is 0 Å². The molecular weight excluding hydrogens is 351 g/mol. The topological polar surface area (TPSA) is 40.6 Å². The fourth-order valence-corrected chi connectivity index (χ4v) is 4.95. The van der Waals surface area contributed by atoms with Crippen LogP contribution in [-0.4, -0.2) is 49.8 Å². The molecule has 1 aliphatic rings. The summed E-state index contributed by atoms with van der Waals surface area (Å²) in [6, 6.07) is 14.4. The Morgan fingerprint density at radius 1 is 1.12 bits per heavy atom. The monoisotopic (exact) mass is 376 g/mol. The summed E-state index contributed by atoms with van der Waals surface area (Å²) in [6.45, 7) is 6.16. The first-order valence-electron chi connectivity index (χ1n) is 8.92. The Kier molecular flexibility index (Phi) is 5.75. The molecule has 1 aliphatic heterocycles. The molecule has 6 heteroatoms. The Balaban J connectivity index is 1.64. The highest BCUT2D eigenvalue weighted by atomic mass is 32.2. The molecule has 0 aliphatic carbocycles. The van der Waals surface area contributed by atoms with Crippen LogP contribution in [0, 0.1) is 12.7 Å². The highest BCUT2D eigenvalue weighted by molar-refractivity contribution is 7.89. The van der Waals surface area contributed by atoms with Gasteiger partial charge >= 0.3 is 0 Å². The van der Waals surface area contributed by atoms with E-state index in [1.54, 1.807) is 6.92 Å². The van der Waals surface area contributed by atoms with Gasteiger partial charge in [-0.2, -0.15) is 4.31 Å². The Labute approximate surface area is 155 Å². The Morgan fingerprint density at radius 2 is 1.85 bits per heavy atom. The van der Waals surface area contributed by atoms with Gasteiger partial charge in [0.1, 0.15) is 5.82 Å². The molecule has 1 fully saturated rings. The predicted octanol–water partition coefficient (Wildman–Crippen LogP) is 3.07. The van der Waals surface area contributed by atoms with Crippen molar-refractivity contribution in [2.45, 2.75) is 31.2 Å². The zero-order valence-corrected chi connectivity index (χ0v) is 16.0. The minimum Gasteiger partial charge on any atom is -0.298 e. The van der Waals surface area contributed by atoms with Crippen molar-refractivity contribution in [2.75, 3.05) is 26.2 Å². The van der Waals surface area contributed by atoms with Crippen molar-refractivity contribution in [1.29, 1.82) is 0 Å². The first-order chi connectivity index (χ1) is 12.4. The van der Waals surface area contributed by atoms with E-state index >= 15 is 0 Å². The van der Waals surface area contributed by atoms with Gasteiger partial charge in [-0.05, 0) is 49.6 Å². The predicted molar refractivity (Wildman–Crippen MR) is 101 cm³/mol. The summed E-state index contributed by atoms with van der Waals surface area (Å²) in [4.78, 5) is 2.50. The molecule has 3 rings (SSSR count). The van der Waals surface area contributed by atoms with Crippen LogP contribution in [0.25, 0.3) is 0 Å². The molecular formula is C20H25FN2O2S. The van der Waals surface area contributed by atoms with Crippen LogP contribution in [0.1, 0.15) is 18.1 Å². The molecule has 0 aromatic heterocycles. The summed E-state index contributed by atoms with van der Waals surface area (Å²) in [6.07, 6.45) is 0.953. The van der Waals surface area contributed by atoms with Crippen LogP contribution >= 0.6 is 0 Å². The first kappa shape index (κ1) is 19.0. The van der Waals surface area contributed by atoms with Gasteiger partial charge < -0.3 is 0 Å². The van der Waals surface area contributed by atoms with Crippen LogP contribution in [0.15, 0.2) is 53.4 Å². The van der Waals surface area contributed by atoms with E-state index in [1.807, 2.05) is 18.2 Å². The summed E-state index contributed by atoms with van der Waals surface area (Å²) in [5.74, 6) is -0.386. The van der Waals surface area contributed by atoms with E-state index in [0.717, 1.165) is 13.0 Å². The average Bonchev–Trinajstić information content (AvgIpc) is 2.63. The number of hydrogen-bond acceptors (Lipinski definition) is 3. The van der Waals surface area contributed by atoms with Gasteiger partial charge in [0.25, 0.3) is 0 Å². The number of benzene rings is 2. The molecule has 1 unspecified atom stereocenters. The third kappa shape index (κ3) is 4.14. The van der Waals surface area contributed by atoms with Crippen LogP contribution in [0.3, 0.4) is 0 Å². The molecule has 0 bridgehead atoms. The fraction of sp³-hybridized carbons (Fsp3) is 0.400. The van der Waals surface area contributed by atoms with E-state index in [1.165, 1.54) is 28.1 Å². The summed E-state index contributed by atoms with van der Waals surface area (Å²) < 4.78 is 40.7. The lowest BCUT2D eigenvalue weighted by atomic mass is 10.1. The van der Waals surface area contributed by atoms with Crippen LogP contribution in [0.4, 0.5) is 4.39 Å². The lowest BCUT2D eigenvalue weighted by Crippen LogP contribution is -2.53. The molecule has 1 heterocycles. The van der Waals surface area contributed by atoms with Gasteiger partial charge in [-0.3, -0.25) is 4.90 Å². The molecule has 1 atom stereocenters. The smallest absolute Gasteiger partial charge is 0.243 e. The number of piperazine rings is 1. The van der Waals surface area contributed by atoms with Crippen molar-refractivity contribution in [3.63, 3.8) is 0 Å². The van der Waals surface area contributed by atoms with Crippen molar-refractivity contribution in [3.8, 4) is 0 Å². The van der Waals surface area contributed by atoms with Crippen molar-refractivity contribution in [3.05, 3.63) is 65.5 Å². The van der Waals surface area contributed by atoms with E-state index in [9.17, 15) is 12.8 Å². The molecule has 0 radical (unpaired) electrons. The van der Waals surface area contributed by atoms with Crippen LogP contribution < -0.4 is 0 Å². The molecule has 4 nitrogen and oxygen atoms in total. The first-order valence-corrected chi connectivity index (χ1v) is 10.4.